The molecule has 0 bridgehead atoms. The number of para-hydroxylation sites is 2. The molecule has 1 N–H and O–H groups in total. The molecule has 2 aliphatic rings. The molecule has 1 fully saturated rings. The monoisotopic (exact) mass is 348 g/mol. The van der Waals surface area contributed by atoms with E-state index in [2.05, 4.69) is 5.32 Å². The Labute approximate surface area is 147 Å². The van der Waals surface area contributed by atoms with Gasteiger partial charge in [0.2, 0.25) is 6.10 Å². The van der Waals surface area contributed by atoms with Gasteiger partial charge in [-0.25, -0.2) is 4.79 Å². The van der Waals surface area contributed by atoms with Crippen LogP contribution in [0.3, 0.4) is 0 Å². The molecule has 0 spiro atoms. The lowest BCUT2D eigenvalue weighted by Crippen LogP contribution is -2.48. The van der Waals surface area contributed by atoms with Crippen molar-refractivity contribution in [3.05, 3.63) is 24.3 Å². The van der Waals surface area contributed by atoms with Gasteiger partial charge in [0.25, 0.3) is 5.91 Å². The maximum atomic E-state index is 12.4. The van der Waals surface area contributed by atoms with Gasteiger partial charge >= 0.3 is 6.09 Å². The Bertz CT molecular complexity index is 655. The van der Waals surface area contributed by atoms with Crippen molar-refractivity contribution in [1.29, 1.82) is 0 Å². The van der Waals surface area contributed by atoms with Gasteiger partial charge in [0.05, 0.1) is 0 Å². The third-order valence-electron chi connectivity index (χ3n) is 3.99. The third-order valence-corrected chi connectivity index (χ3v) is 3.99. The lowest BCUT2D eigenvalue weighted by atomic mass is 10.2. The molecule has 1 aromatic carbocycles. The van der Waals surface area contributed by atoms with E-state index >= 15 is 0 Å². The highest BCUT2D eigenvalue weighted by molar-refractivity contribution is 5.82. The summed E-state index contributed by atoms with van der Waals surface area (Å²) in [5, 5.41) is 2.93. The Morgan fingerprint density at radius 2 is 1.96 bits per heavy atom. The molecular weight excluding hydrogens is 324 g/mol. The number of amides is 2. The van der Waals surface area contributed by atoms with E-state index in [0.29, 0.717) is 31.0 Å². The maximum absolute atomic E-state index is 12.4. The van der Waals surface area contributed by atoms with Crippen molar-refractivity contribution in [3.63, 3.8) is 0 Å². The normalized spacial score (nSPS) is 22.4. The number of benzene rings is 1. The zero-order chi connectivity index (χ0) is 18.0. The van der Waals surface area contributed by atoms with Crippen LogP contribution in [0.15, 0.2) is 24.3 Å². The summed E-state index contributed by atoms with van der Waals surface area (Å²) < 4.78 is 16.6. The van der Waals surface area contributed by atoms with E-state index in [1.807, 2.05) is 32.9 Å². The molecule has 0 aliphatic carbocycles. The standard InChI is InChI=1S/C18H24N2O5/c1-18(2,3)25-17(22)20-9-8-12(10-20)19-16(21)15-11-23-13-6-4-5-7-14(13)24-15/h4-7,12,15H,8-11H2,1-3H3,(H,19,21)/t12-,15-/m1/s1. The molecule has 2 aliphatic heterocycles. The van der Waals surface area contributed by atoms with Crippen molar-refractivity contribution in [2.75, 3.05) is 19.7 Å². The first-order valence-corrected chi connectivity index (χ1v) is 8.48. The summed E-state index contributed by atoms with van der Waals surface area (Å²) in [7, 11) is 0. The lowest BCUT2D eigenvalue weighted by Gasteiger charge is -2.27. The summed E-state index contributed by atoms with van der Waals surface area (Å²) in [6.07, 6.45) is -0.351. The Hall–Kier alpha value is -2.44. The predicted octanol–water partition coefficient (Wildman–Crippen LogP) is 1.95. The van der Waals surface area contributed by atoms with Gasteiger partial charge in [0, 0.05) is 19.1 Å². The fourth-order valence-corrected chi connectivity index (χ4v) is 2.81. The van der Waals surface area contributed by atoms with Crippen molar-refractivity contribution >= 4 is 12.0 Å². The number of hydrogen-bond acceptors (Lipinski definition) is 5. The molecule has 3 rings (SSSR count). The van der Waals surface area contributed by atoms with E-state index in [0.717, 1.165) is 0 Å². The van der Waals surface area contributed by atoms with Gasteiger partial charge in [0.1, 0.15) is 12.2 Å². The molecule has 0 unspecified atom stereocenters. The highest BCUT2D eigenvalue weighted by Crippen LogP contribution is 2.31. The third kappa shape index (κ3) is 4.35. The molecule has 1 aromatic rings. The second kappa shape index (κ2) is 6.82. The number of fused-ring (bicyclic) bond motifs is 1. The van der Waals surface area contributed by atoms with Crippen LogP contribution in [-0.2, 0) is 9.53 Å². The summed E-state index contributed by atoms with van der Waals surface area (Å²) >= 11 is 0. The van der Waals surface area contributed by atoms with Gasteiger partial charge in [0.15, 0.2) is 11.5 Å². The largest absolute Gasteiger partial charge is 0.485 e. The van der Waals surface area contributed by atoms with Gasteiger partial charge in [-0.1, -0.05) is 12.1 Å². The number of carbonyl (C=O) groups is 2. The van der Waals surface area contributed by atoms with Gasteiger partial charge in [-0.3, -0.25) is 4.79 Å². The van der Waals surface area contributed by atoms with Crippen molar-refractivity contribution < 1.29 is 23.8 Å². The van der Waals surface area contributed by atoms with Crippen LogP contribution >= 0.6 is 0 Å². The minimum absolute atomic E-state index is 0.110. The zero-order valence-electron chi connectivity index (χ0n) is 14.8. The average molecular weight is 348 g/mol. The number of likely N-dealkylation sites (tertiary alicyclic amines) is 1. The van der Waals surface area contributed by atoms with E-state index in [4.69, 9.17) is 14.2 Å². The molecule has 136 valence electrons. The van der Waals surface area contributed by atoms with E-state index in [9.17, 15) is 9.59 Å². The number of rotatable bonds is 2. The fraction of sp³-hybridized carbons (Fsp3) is 0.556. The number of hydrogen-bond donors (Lipinski definition) is 1. The summed E-state index contributed by atoms with van der Waals surface area (Å²) in [6.45, 7) is 6.66. The maximum Gasteiger partial charge on any atom is 0.410 e. The Balaban J connectivity index is 1.50. The lowest BCUT2D eigenvalue weighted by molar-refractivity contribution is -0.131. The number of ether oxygens (including phenoxy) is 3. The molecule has 7 heteroatoms. The van der Waals surface area contributed by atoms with Crippen molar-refractivity contribution in [3.8, 4) is 11.5 Å². The fourth-order valence-electron chi connectivity index (χ4n) is 2.81. The number of nitrogens with zero attached hydrogens (tertiary/aromatic N) is 1. The summed E-state index contributed by atoms with van der Waals surface area (Å²) in [5.41, 5.74) is -0.529. The molecule has 2 atom stereocenters. The van der Waals surface area contributed by atoms with Crippen LogP contribution in [-0.4, -0.2) is 54.3 Å². The Morgan fingerprint density at radius 3 is 2.68 bits per heavy atom. The summed E-state index contributed by atoms with van der Waals surface area (Å²) in [4.78, 5) is 26.1. The van der Waals surface area contributed by atoms with Crippen LogP contribution in [0.25, 0.3) is 0 Å². The van der Waals surface area contributed by atoms with Crippen molar-refractivity contribution in [1.82, 2.24) is 10.2 Å². The molecule has 0 saturated carbocycles. The molecule has 0 radical (unpaired) electrons. The van der Waals surface area contributed by atoms with Gasteiger partial charge in [-0.05, 0) is 39.3 Å². The van der Waals surface area contributed by atoms with Gasteiger partial charge in [-0.2, -0.15) is 0 Å². The van der Waals surface area contributed by atoms with Crippen LogP contribution in [0.4, 0.5) is 4.79 Å². The van der Waals surface area contributed by atoms with Gasteiger partial charge < -0.3 is 24.4 Å². The SMILES string of the molecule is CC(C)(C)OC(=O)N1CC[C@@H](NC(=O)[C@H]2COc3ccccc3O2)C1. The first-order valence-electron chi connectivity index (χ1n) is 8.48. The van der Waals surface area contributed by atoms with E-state index < -0.39 is 11.7 Å². The minimum Gasteiger partial charge on any atom is -0.485 e. The molecule has 7 nitrogen and oxygen atoms in total. The van der Waals surface area contributed by atoms with Crippen LogP contribution in [0.2, 0.25) is 0 Å². The van der Waals surface area contributed by atoms with Gasteiger partial charge in [-0.15, -0.1) is 0 Å². The second-order valence-electron chi connectivity index (χ2n) is 7.28. The average Bonchev–Trinajstić information content (AvgIpc) is 3.01. The molecule has 1 saturated heterocycles. The summed E-state index contributed by atoms with van der Waals surface area (Å²) in [5.74, 6) is 0.977. The predicted molar refractivity (Wildman–Crippen MR) is 90.7 cm³/mol. The van der Waals surface area contributed by atoms with Crippen LogP contribution in [0.1, 0.15) is 27.2 Å². The van der Waals surface area contributed by atoms with Crippen LogP contribution in [0, 0.1) is 0 Å². The highest BCUT2D eigenvalue weighted by atomic mass is 16.6. The highest BCUT2D eigenvalue weighted by Gasteiger charge is 2.33. The smallest absolute Gasteiger partial charge is 0.410 e. The van der Waals surface area contributed by atoms with E-state index in [-0.39, 0.29) is 24.6 Å². The topological polar surface area (TPSA) is 77.1 Å². The molecule has 25 heavy (non-hydrogen) atoms. The number of carbonyl (C=O) groups excluding carboxylic acids is 2. The first kappa shape index (κ1) is 17.4. The number of nitrogens with one attached hydrogen (secondary N) is 1. The zero-order valence-corrected chi connectivity index (χ0v) is 14.8. The molecule has 0 aromatic heterocycles. The molecular formula is C18H24N2O5. The first-order chi connectivity index (χ1) is 11.8. The van der Waals surface area contributed by atoms with Crippen LogP contribution in [0.5, 0.6) is 11.5 Å². The second-order valence-corrected chi connectivity index (χ2v) is 7.28. The van der Waals surface area contributed by atoms with Crippen molar-refractivity contribution in [2.45, 2.75) is 44.9 Å². The van der Waals surface area contributed by atoms with Crippen molar-refractivity contribution in [2.24, 2.45) is 0 Å². The Kier molecular flexibility index (Phi) is 4.74. The summed E-state index contributed by atoms with van der Waals surface area (Å²) in [6, 6.07) is 7.15. The minimum atomic E-state index is -0.689. The van der Waals surface area contributed by atoms with E-state index in [1.54, 1.807) is 17.0 Å². The molecule has 2 amide bonds. The quantitative estimate of drug-likeness (QED) is 0.884. The molecule has 2 heterocycles. The van der Waals surface area contributed by atoms with E-state index in [1.165, 1.54) is 0 Å². The Morgan fingerprint density at radius 1 is 1.24 bits per heavy atom. The van der Waals surface area contributed by atoms with Crippen LogP contribution < -0.4 is 14.8 Å².